The topological polar surface area (TPSA) is 40.5 Å². The first kappa shape index (κ1) is 12.5. The first-order valence-corrected chi connectivity index (χ1v) is 5.26. The molecule has 1 unspecified atom stereocenters. The first-order chi connectivity index (χ1) is 7.59. The van der Waals surface area contributed by atoms with Crippen LogP contribution in [0.1, 0.15) is 12.5 Å². The van der Waals surface area contributed by atoms with E-state index >= 15 is 0 Å². The smallest absolute Gasteiger partial charge is 0.246 e. The summed E-state index contributed by atoms with van der Waals surface area (Å²) in [7, 11) is 1.67. The summed E-state index contributed by atoms with van der Waals surface area (Å²) in [5, 5.41) is 9.14. The molecule has 0 aliphatic heterocycles. The van der Waals surface area contributed by atoms with Crippen LogP contribution in [-0.2, 0) is 4.79 Å². The molecule has 1 amide bonds. The average Bonchev–Trinajstić information content (AvgIpc) is 2.26. The van der Waals surface area contributed by atoms with Crippen molar-refractivity contribution in [2.45, 2.75) is 13.0 Å². The number of benzene rings is 1. The van der Waals surface area contributed by atoms with Gasteiger partial charge in [-0.1, -0.05) is 30.3 Å². The quantitative estimate of drug-likeness (QED) is 0.780. The highest BCUT2D eigenvalue weighted by Gasteiger charge is 2.06. The predicted octanol–water partition coefficient (Wildman–Crippen LogP) is 1.54. The fourth-order valence-electron chi connectivity index (χ4n) is 1.35. The molecule has 0 spiro atoms. The Morgan fingerprint density at radius 3 is 2.62 bits per heavy atom. The van der Waals surface area contributed by atoms with Crippen LogP contribution < -0.4 is 0 Å². The molecule has 0 heterocycles. The molecule has 1 N–H and O–H groups in total. The second-order valence-electron chi connectivity index (χ2n) is 3.81. The molecular formula is C13H17NO2. The maximum Gasteiger partial charge on any atom is 0.246 e. The molecule has 3 nitrogen and oxygen atoms in total. The van der Waals surface area contributed by atoms with Gasteiger partial charge in [0.1, 0.15) is 0 Å². The summed E-state index contributed by atoms with van der Waals surface area (Å²) < 4.78 is 0. The lowest BCUT2D eigenvalue weighted by Gasteiger charge is -2.16. The number of aliphatic hydroxyl groups excluding tert-OH is 1. The van der Waals surface area contributed by atoms with Crippen molar-refractivity contribution in [2.24, 2.45) is 0 Å². The monoisotopic (exact) mass is 219 g/mol. The van der Waals surface area contributed by atoms with Crippen LogP contribution >= 0.6 is 0 Å². The van der Waals surface area contributed by atoms with E-state index < -0.39 is 6.10 Å². The maximum absolute atomic E-state index is 11.6. The number of rotatable bonds is 4. The highest BCUT2D eigenvalue weighted by atomic mass is 16.3. The van der Waals surface area contributed by atoms with Crippen LogP contribution in [0.3, 0.4) is 0 Å². The normalized spacial score (nSPS) is 12.7. The fourth-order valence-corrected chi connectivity index (χ4v) is 1.35. The second kappa shape index (κ2) is 6.08. The SMILES string of the molecule is CC(O)CN(C)C(=O)C=Cc1ccccc1. The molecule has 0 saturated carbocycles. The third-order valence-electron chi connectivity index (χ3n) is 2.13. The van der Waals surface area contributed by atoms with E-state index in [2.05, 4.69) is 0 Å². The number of carbonyl (C=O) groups excluding carboxylic acids is 1. The molecule has 16 heavy (non-hydrogen) atoms. The van der Waals surface area contributed by atoms with Gasteiger partial charge in [-0.05, 0) is 18.6 Å². The van der Waals surface area contributed by atoms with Crippen molar-refractivity contribution in [1.29, 1.82) is 0 Å². The van der Waals surface area contributed by atoms with Gasteiger partial charge in [-0.2, -0.15) is 0 Å². The van der Waals surface area contributed by atoms with E-state index in [0.717, 1.165) is 5.56 Å². The van der Waals surface area contributed by atoms with Crippen LogP contribution in [-0.4, -0.2) is 35.6 Å². The summed E-state index contributed by atoms with van der Waals surface area (Å²) in [5.74, 6) is -0.107. The highest BCUT2D eigenvalue weighted by Crippen LogP contribution is 2.01. The molecule has 0 bridgehead atoms. The van der Waals surface area contributed by atoms with Gasteiger partial charge in [0.15, 0.2) is 0 Å². The van der Waals surface area contributed by atoms with E-state index in [1.807, 2.05) is 30.3 Å². The highest BCUT2D eigenvalue weighted by molar-refractivity contribution is 5.91. The molecule has 0 radical (unpaired) electrons. The van der Waals surface area contributed by atoms with Crippen LogP contribution in [0.15, 0.2) is 36.4 Å². The van der Waals surface area contributed by atoms with Gasteiger partial charge in [0.2, 0.25) is 5.91 Å². The third-order valence-corrected chi connectivity index (χ3v) is 2.13. The standard InChI is InChI=1S/C13H17NO2/c1-11(15)10-14(2)13(16)9-8-12-6-4-3-5-7-12/h3-9,11,15H,10H2,1-2H3. The molecule has 1 aromatic rings. The van der Waals surface area contributed by atoms with E-state index in [0.29, 0.717) is 6.54 Å². The van der Waals surface area contributed by atoms with E-state index in [4.69, 9.17) is 5.11 Å². The van der Waals surface area contributed by atoms with Crippen molar-refractivity contribution in [2.75, 3.05) is 13.6 Å². The van der Waals surface area contributed by atoms with Crippen LogP contribution in [0.4, 0.5) is 0 Å². The zero-order valence-electron chi connectivity index (χ0n) is 9.63. The third kappa shape index (κ3) is 4.28. The number of amides is 1. The lowest BCUT2D eigenvalue weighted by atomic mass is 10.2. The summed E-state index contributed by atoms with van der Waals surface area (Å²) in [6.45, 7) is 2.00. The van der Waals surface area contributed by atoms with Crippen LogP contribution in [0.5, 0.6) is 0 Å². The van der Waals surface area contributed by atoms with Gasteiger partial charge in [0.25, 0.3) is 0 Å². The summed E-state index contributed by atoms with van der Waals surface area (Å²) in [4.78, 5) is 13.1. The summed E-state index contributed by atoms with van der Waals surface area (Å²) in [6.07, 6.45) is 2.78. The lowest BCUT2D eigenvalue weighted by Crippen LogP contribution is -2.31. The minimum atomic E-state index is -0.501. The van der Waals surface area contributed by atoms with Gasteiger partial charge in [0, 0.05) is 19.7 Å². The number of hydrogen-bond acceptors (Lipinski definition) is 2. The number of nitrogens with zero attached hydrogens (tertiary/aromatic N) is 1. The summed E-state index contributed by atoms with van der Waals surface area (Å²) in [5.41, 5.74) is 0.987. The van der Waals surface area contributed by atoms with Crippen LogP contribution in [0.2, 0.25) is 0 Å². The van der Waals surface area contributed by atoms with Crippen LogP contribution in [0.25, 0.3) is 6.08 Å². The number of likely N-dealkylation sites (N-methyl/N-ethyl adjacent to an activating group) is 1. The van der Waals surface area contributed by atoms with E-state index in [1.165, 1.54) is 11.0 Å². The maximum atomic E-state index is 11.6. The fraction of sp³-hybridized carbons (Fsp3) is 0.308. The minimum absolute atomic E-state index is 0.107. The van der Waals surface area contributed by atoms with E-state index in [-0.39, 0.29) is 5.91 Å². The Hall–Kier alpha value is -1.61. The minimum Gasteiger partial charge on any atom is -0.392 e. The number of carbonyl (C=O) groups is 1. The first-order valence-electron chi connectivity index (χ1n) is 5.26. The van der Waals surface area contributed by atoms with Gasteiger partial charge in [-0.25, -0.2) is 0 Å². The predicted molar refractivity (Wildman–Crippen MR) is 64.8 cm³/mol. The number of hydrogen-bond donors (Lipinski definition) is 1. The zero-order chi connectivity index (χ0) is 12.0. The van der Waals surface area contributed by atoms with Crippen molar-refractivity contribution in [3.8, 4) is 0 Å². The Balaban J connectivity index is 2.54. The molecule has 0 fully saturated rings. The Bertz CT molecular complexity index is 357. The molecule has 3 heteroatoms. The molecular weight excluding hydrogens is 202 g/mol. The Kier molecular flexibility index (Phi) is 4.73. The van der Waals surface area contributed by atoms with Crippen molar-refractivity contribution >= 4 is 12.0 Å². The van der Waals surface area contributed by atoms with Crippen molar-refractivity contribution in [3.63, 3.8) is 0 Å². The molecule has 1 rings (SSSR count). The second-order valence-corrected chi connectivity index (χ2v) is 3.81. The van der Waals surface area contributed by atoms with Gasteiger partial charge in [-0.3, -0.25) is 4.79 Å². The largest absolute Gasteiger partial charge is 0.392 e. The average molecular weight is 219 g/mol. The Morgan fingerprint density at radius 1 is 1.44 bits per heavy atom. The van der Waals surface area contributed by atoms with Gasteiger partial charge in [-0.15, -0.1) is 0 Å². The molecule has 1 aromatic carbocycles. The Labute approximate surface area is 96.0 Å². The molecule has 0 aliphatic rings. The van der Waals surface area contributed by atoms with Crippen molar-refractivity contribution in [3.05, 3.63) is 42.0 Å². The molecule has 86 valence electrons. The van der Waals surface area contributed by atoms with Gasteiger partial charge >= 0.3 is 0 Å². The van der Waals surface area contributed by atoms with Crippen LogP contribution in [0, 0.1) is 0 Å². The molecule has 0 aromatic heterocycles. The molecule has 0 saturated heterocycles. The van der Waals surface area contributed by atoms with Gasteiger partial charge in [0.05, 0.1) is 6.10 Å². The molecule has 0 aliphatic carbocycles. The summed E-state index contributed by atoms with van der Waals surface area (Å²) >= 11 is 0. The number of aliphatic hydroxyl groups is 1. The van der Waals surface area contributed by atoms with Gasteiger partial charge < -0.3 is 10.0 Å². The van der Waals surface area contributed by atoms with E-state index in [1.54, 1.807) is 20.0 Å². The summed E-state index contributed by atoms with van der Waals surface area (Å²) in [6, 6.07) is 9.63. The molecule has 1 atom stereocenters. The van der Waals surface area contributed by atoms with Crippen molar-refractivity contribution in [1.82, 2.24) is 4.90 Å². The van der Waals surface area contributed by atoms with Crippen molar-refractivity contribution < 1.29 is 9.90 Å². The zero-order valence-corrected chi connectivity index (χ0v) is 9.63. The lowest BCUT2D eigenvalue weighted by molar-refractivity contribution is -0.125. The van der Waals surface area contributed by atoms with E-state index in [9.17, 15) is 4.79 Å². The Morgan fingerprint density at radius 2 is 2.06 bits per heavy atom.